The number of rotatable bonds is 5. The van der Waals surface area contributed by atoms with Gasteiger partial charge in [-0.15, -0.1) is 0 Å². The SMILES string of the molecule is C[Si](C)(C)c1c(CCC=O)c2ccccc2n1S(C)(=O)=O. The number of para-hydroxylation sites is 1. The van der Waals surface area contributed by atoms with Crippen LogP contribution in [0.2, 0.25) is 19.6 Å². The Morgan fingerprint density at radius 3 is 2.33 bits per heavy atom. The number of hydrogen-bond donors (Lipinski definition) is 0. The average molecular weight is 323 g/mol. The molecule has 2 rings (SSSR count). The van der Waals surface area contributed by atoms with E-state index in [0.717, 1.165) is 28.1 Å². The van der Waals surface area contributed by atoms with E-state index in [1.165, 1.54) is 10.2 Å². The summed E-state index contributed by atoms with van der Waals surface area (Å²) >= 11 is 0. The lowest BCUT2D eigenvalue weighted by Gasteiger charge is -2.21. The molecule has 114 valence electrons. The fourth-order valence-corrected chi connectivity index (χ4v) is 7.01. The van der Waals surface area contributed by atoms with Crippen LogP contribution >= 0.6 is 0 Å². The molecule has 1 heterocycles. The Bertz CT molecular complexity index is 785. The second-order valence-corrected chi connectivity index (χ2v) is 13.1. The van der Waals surface area contributed by atoms with Crippen molar-refractivity contribution in [1.82, 2.24) is 3.97 Å². The maximum atomic E-state index is 12.3. The Balaban J connectivity index is 2.95. The Labute approximate surface area is 126 Å². The van der Waals surface area contributed by atoms with Crippen molar-refractivity contribution in [2.75, 3.05) is 6.26 Å². The molecule has 6 heteroatoms. The fraction of sp³-hybridized carbons (Fsp3) is 0.400. The minimum Gasteiger partial charge on any atom is -0.303 e. The summed E-state index contributed by atoms with van der Waals surface area (Å²) in [7, 11) is -5.28. The first-order valence-electron chi connectivity index (χ1n) is 6.95. The molecular formula is C15H21NO3SSi. The maximum Gasteiger partial charge on any atom is 0.235 e. The van der Waals surface area contributed by atoms with Crippen LogP contribution in [0.15, 0.2) is 24.3 Å². The maximum absolute atomic E-state index is 12.3. The molecule has 0 bridgehead atoms. The monoisotopic (exact) mass is 323 g/mol. The lowest BCUT2D eigenvalue weighted by Crippen LogP contribution is -2.46. The van der Waals surface area contributed by atoms with Crippen LogP contribution in [0, 0.1) is 0 Å². The van der Waals surface area contributed by atoms with Gasteiger partial charge in [-0.3, -0.25) is 0 Å². The van der Waals surface area contributed by atoms with E-state index in [9.17, 15) is 13.2 Å². The summed E-state index contributed by atoms with van der Waals surface area (Å²) in [5.41, 5.74) is 1.74. The number of aromatic nitrogens is 1. The topological polar surface area (TPSA) is 56.1 Å². The highest BCUT2D eigenvalue weighted by Crippen LogP contribution is 2.25. The molecule has 1 aromatic heterocycles. The lowest BCUT2D eigenvalue weighted by atomic mass is 10.1. The van der Waals surface area contributed by atoms with Crippen LogP contribution in [0.5, 0.6) is 0 Å². The van der Waals surface area contributed by atoms with E-state index in [2.05, 4.69) is 19.6 Å². The number of carbonyl (C=O) groups excluding carboxylic acids is 1. The second-order valence-electron chi connectivity index (χ2n) is 6.33. The third-order valence-corrected chi connectivity index (χ3v) is 6.64. The van der Waals surface area contributed by atoms with Crippen LogP contribution in [0.1, 0.15) is 12.0 Å². The molecule has 0 N–H and O–H groups in total. The molecule has 0 atom stereocenters. The van der Waals surface area contributed by atoms with Gasteiger partial charge in [0.05, 0.1) is 11.8 Å². The normalized spacial score (nSPS) is 12.8. The van der Waals surface area contributed by atoms with E-state index in [1.54, 1.807) is 0 Å². The van der Waals surface area contributed by atoms with Gasteiger partial charge in [0.2, 0.25) is 10.0 Å². The first kappa shape index (κ1) is 16.0. The predicted octanol–water partition coefficient (Wildman–Crippen LogP) is 2.13. The van der Waals surface area contributed by atoms with Crippen LogP contribution in [0.3, 0.4) is 0 Å². The first-order valence-corrected chi connectivity index (χ1v) is 12.3. The van der Waals surface area contributed by atoms with Crippen molar-refractivity contribution < 1.29 is 13.2 Å². The quantitative estimate of drug-likeness (QED) is 0.625. The molecule has 0 spiro atoms. The van der Waals surface area contributed by atoms with Gasteiger partial charge in [0.15, 0.2) is 0 Å². The molecule has 0 unspecified atom stereocenters. The zero-order valence-corrected chi connectivity index (χ0v) is 14.7. The van der Waals surface area contributed by atoms with Gasteiger partial charge in [-0.25, -0.2) is 12.4 Å². The summed E-state index contributed by atoms with van der Waals surface area (Å²) in [6.07, 6.45) is 3.13. The molecule has 4 nitrogen and oxygen atoms in total. The smallest absolute Gasteiger partial charge is 0.235 e. The standard InChI is InChI=1S/C15H21NO3SSi/c1-20(18,19)16-14-10-6-5-8-12(14)13(9-7-11-17)15(16)21(2,3)4/h5-6,8,10-11H,7,9H2,1-4H3. The zero-order chi connectivity index (χ0) is 15.8. The molecule has 0 radical (unpaired) electrons. The highest BCUT2D eigenvalue weighted by atomic mass is 32.2. The Kier molecular flexibility index (Phi) is 4.12. The molecule has 0 fully saturated rings. The molecule has 21 heavy (non-hydrogen) atoms. The van der Waals surface area contributed by atoms with E-state index in [-0.39, 0.29) is 0 Å². The summed E-state index contributed by atoms with van der Waals surface area (Å²) < 4.78 is 26.1. The van der Waals surface area contributed by atoms with Crippen molar-refractivity contribution in [3.05, 3.63) is 29.8 Å². The summed E-state index contributed by atoms with van der Waals surface area (Å²) in [4.78, 5) is 10.8. The Hall–Kier alpha value is -1.40. The molecule has 0 saturated heterocycles. The van der Waals surface area contributed by atoms with E-state index in [1.807, 2.05) is 24.3 Å². The third kappa shape index (κ3) is 2.96. The second kappa shape index (κ2) is 5.42. The number of aryl methyl sites for hydroxylation is 1. The van der Waals surface area contributed by atoms with Gasteiger partial charge in [0.25, 0.3) is 0 Å². The largest absolute Gasteiger partial charge is 0.303 e. The molecule has 2 aromatic rings. The number of aldehydes is 1. The van der Waals surface area contributed by atoms with Gasteiger partial charge in [-0.2, -0.15) is 0 Å². The van der Waals surface area contributed by atoms with Gasteiger partial charge < -0.3 is 4.79 Å². The number of fused-ring (bicyclic) bond motifs is 1. The van der Waals surface area contributed by atoms with Gasteiger partial charge in [-0.1, -0.05) is 37.8 Å². The number of benzene rings is 1. The van der Waals surface area contributed by atoms with Crippen LogP contribution < -0.4 is 5.32 Å². The zero-order valence-electron chi connectivity index (χ0n) is 12.9. The van der Waals surface area contributed by atoms with Crippen LogP contribution in [-0.2, 0) is 21.2 Å². The van der Waals surface area contributed by atoms with Crippen molar-refractivity contribution in [1.29, 1.82) is 0 Å². The summed E-state index contributed by atoms with van der Waals surface area (Å²) in [6.45, 7) is 6.40. The Morgan fingerprint density at radius 1 is 1.19 bits per heavy atom. The molecule has 0 aliphatic carbocycles. The van der Waals surface area contributed by atoms with Gasteiger partial charge in [-0.05, 0) is 18.1 Å². The summed E-state index contributed by atoms with van der Waals surface area (Å²) in [5.74, 6) is 0. The van der Waals surface area contributed by atoms with Crippen LogP contribution in [-0.4, -0.2) is 33.0 Å². The predicted molar refractivity (Wildman–Crippen MR) is 89.5 cm³/mol. The third-order valence-electron chi connectivity index (χ3n) is 3.49. The van der Waals surface area contributed by atoms with E-state index in [0.29, 0.717) is 12.8 Å². The first-order chi connectivity index (χ1) is 9.68. The van der Waals surface area contributed by atoms with Crippen LogP contribution in [0.4, 0.5) is 0 Å². The van der Waals surface area contributed by atoms with Crippen molar-refractivity contribution >= 4 is 40.6 Å². The van der Waals surface area contributed by atoms with Crippen molar-refractivity contribution in [2.45, 2.75) is 32.5 Å². The highest BCUT2D eigenvalue weighted by Gasteiger charge is 2.31. The van der Waals surface area contributed by atoms with Crippen molar-refractivity contribution in [3.8, 4) is 0 Å². The highest BCUT2D eigenvalue weighted by molar-refractivity contribution is 7.89. The number of carbonyl (C=O) groups is 1. The molecule has 0 amide bonds. The van der Waals surface area contributed by atoms with Gasteiger partial charge in [0.1, 0.15) is 14.4 Å². The van der Waals surface area contributed by atoms with E-state index in [4.69, 9.17) is 0 Å². The number of nitrogens with zero attached hydrogens (tertiary/aromatic N) is 1. The Morgan fingerprint density at radius 2 is 1.81 bits per heavy atom. The minimum absolute atomic E-state index is 0.412. The molecule has 0 aliphatic rings. The summed E-state index contributed by atoms with van der Waals surface area (Å²) in [5, 5.41) is 1.86. The lowest BCUT2D eigenvalue weighted by molar-refractivity contribution is -0.107. The summed E-state index contributed by atoms with van der Waals surface area (Å²) in [6, 6.07) is 7.54. The molecular weight excluding hydrogens is 302 g/mol. The van der Waals surface area contributed by atoms with Crippen molar-refractivity contribution in [3.63, 3.8) is 0 Å². The molecule has 0 saturated carbocycles. The molecule has 0 aliphatic heterocycles. The number of hydrogen-bond acceptors (Lipinski definition) is 3. The van der Waals surface area contributed by atoms with E-state index < -0.39 is 18.1 Å². The van der Waals surface area contributed by atoms with Gasteiger partial charge >= 0.3 is 0 Å². The van der Waals surface area contributed by atoms with Crippen molar-refractivity contribution in [2.24, 2.45) is 0 Å². The van der Waals surface area contributed by atoms with Crippen LogP contribution in [0.25, 0.3) is 10.9 Å². The minimum atomic E-state index is -3.38. The van der Waals surface area contributed by atoms with E-state index >= 15 is 0 Å². The molecule has 1 aromatic carbocycles. The van der Waals surface area contributed by atoms with Gasteiger partial charge in [0, 0.05) is 17.1 Å². The average Bonchev–Trinajstić information content (AvgIpc) is 2.70. The fourth-order valence-electron chi connectivity index (χ4n) is 2.83.